The predicted molar refractivity (Wildman–Crippen MR) is 211 cm³/mol. The number of unbranched alkanes of at least 4 members (excludes halogenated alkanes) is 22. The van der Waals surface area contributed by atoms with Gasteiger partial charge >= 0.3 is 0 Å². The number of allylic oxidation sites excluding steroid dienone is 9. The topological polar surface area (TPSA) is 40.5 Å². The third-order valence-electron chi connectivity index (χ3n) is 8.10. The Morgan fingerprint density at radius 3 is 1.38 bits per heavy atom. The number of aliphatic hydroxyl groups excluding tert-OH is 2. The van der Waals surface area contributed by atoms with Crippen LogP contribution in [0.4, 0.5) is 0 Å². The van der Waals surface area contributed by atoms with Crippen molar-refractivity contribution < 1.29 is 10.2 Å². The minimum absolute atomic E-state index is 0.746. The fraction of sp³-hybridized carbons (Fsp3) is 0.609. The lowest BCUT2D eigenvalue weighted by molar-refractivity contribution is 0.280. The van der Waals surface area contributed by atoms with E-state index in [1.54, 1.807) is 6.08 Å². The van der Waals surface area contributed by atoms with E-state index in [1.165, 1.54) is 103 Å². The fourth-order valence-corrected chi connectivity index (χ4v) is 5.22. The second kappa shape index (κ2) is 40.0. The number of terminal acetylenes is 2. The molecule has 0 aromatic carbocycles. The normalized spacial score (nSPS) is 12.8. The first-order valence-corrected chi connectivity index (χ1v) is 19.2. The minimum atomic E-state index is -0.867. The summed E-state index contributed by atoms with van der Waals surface area (Å²) in [4.78, 5) is 0. The van der Waals surface area contributed by atoms with E-state index in [9.17, 15) is 10.2 Å². The largest absolute Gasteiger partial charge is 0.377 e. The first kappa shape index (κ1) is 44.9. The van der Waals surface area contributed by atoms with Gasteiger partial charge in [0.05, 0.1) is 0 Å². The van der Waals surface area contributed by atoms with Gasteiger partial charge in [0.25, 0.3) is 0 Å². The maximum atomic E-state index is 9.93. The zero-order chi connectivity index (χ0) is 34.9. The Morgan fingerprint density at radius 1 is 0.438 bits per heavy atom. The monoisotopic (exact) mass is 653 g/mol. The van der Waals surface area contributed by atoms with Gasteiger partial charge in [-0.25, -0.2) is 0 Å². The molecule has 48 heavy (non-hydrogen) atoms. The first-order chi connectivity index (χ1) is 23.7. The van der Waals surface area contributed by atoms with E-state index in [0.717, 1.165) is 64.2 Å². The van der Waals surface area contributed by atoms with Gasteiger partial charge in [-0.1, -0.05) is 155 Å². The van der Waals surface area contributed by atoms with E-state index in [4.69, 9.17) is 12.8 Å². The molecule has 0 aromatic rings. The molecule has 0 bridgehead atoms. The smallest absolute Gasteiger partial charge is 0.176 e. The second-order valence-corrected chi connectivity index (χ2v) is 12.6. The molecule has 0 saturated carbocycles. The summed E-state index contributed by atoms with van der Waals surface area (Å²) in [6.07, 6.45) is 61.1. The molecular formula is C46H68O2. The zero-order valence-corrected chi connectivity index (χ0v) is 30.4. The molecule has 0 aliphatic rings. The van der Waals surface area contributed by atoms with Crippen molar-refractivity contribution in [1.29, 1.82) is 0 Å². The van der Waals surface area contributed by atoms with E-state index in [2.05, 4.69) is 72.0 Å². The summed E-state index contributed by atoms with van der Waals surface area (Å²) >= 11 is 0. The van der Waals surface area contributed by atoms with Gasteiger partial charge in [-0.2, -0.15) is 0 Å². The lowest BCUT2D eigenvalue weighted by atomic mass is 10.0. The highest BCUT2D eigenvalue weighted by Gasteiger charge is 1.94. The molecule has 0 fully saturated rings. The Hall–Kier alpha value is -3.14. The Labute approximate surface area is 297 Å². The summed E-state index contributed by atoms with van der Waals surface area (Å²) in [6, 6.07) is 0. The van der Waals surface area contributed by atoms with Crippen molar-refractivity contribution in [3.8, 4) is 48.4 Å². The van der Waals surface area contributed by atoms with Gasteiger partial charge in [-0.05, 0) is 102 Å². The zero-order valence-electron chi connectivity index (χ0n) is 30.4. The summed E-state index contributed by atoms with van der Waals surface area (Å²) in [6.45, 7) is 0. The highest BCUT2D eigenvalue weighted by atomic mass is 16.3. The molecule has 0 radical (unpaired) electrons. The lowest BCUT2D eigenvalue weighted by Crippen LogP contribution is -1.97. The quantitative estimate of drug-likeness (QED) is 0.0460. The van der Waals surface area contributed by atoms with Gasteiger partial charge in [-0.15, -0.1) is 12.8 Å². The van der Waals surface area contributed by atoms with Crippen LogP contribution in [0.3, 0.4) is 0 Å². The fourth-order valence-electron chi connectivity index (χ4n) is 5.22. The number of rotatable bonds is 30. The minimum Gasteiger partial charge on any atom is -0.377 e. The van der Waals surface area contributed by atoms with Gasteiger partial charge in [0.1, 0.15) is 6.10 Å². The number of aliphatic hydroxyl groups is 2. The van der Waals surface area contributed by atoms with Gasteiger partial charge < -0.3 is 10.2 Å². The molecule has 2 unspecified atom stereocenters. The molecule has 0 heterocycles. The van der Waals surface area contributed by atoms with Crippen LogP contribution in [0.2, 0.25) is 0 Å². The molecule has 0 rings (SSSR count). The molecule has 0 aliphatic carbocycles. The summed E-state index contributed by atoms with van der Waals surface area (Å²) in [7, 11) is 0. The molecule has 0 spiro atoms. The van der Waals surface area contributed by atoms with Crippen LogP contribution in [0.15, 0.2) is 60.8 Å². The molecule has 2 N–H and O–H groups in total. The van der Waals surface area contributed by atoms with Crippen LogP contribution in [0, 0.1) is 48.4 Å². The summed E-state index contributed by atoms with van der Waals surface area (Å²) < 4.78 is 0. The average molecular weight is 653 g/mol. The molecular weight excluding hydrogens is 585 g/mol. The van der Waals surface area contributed by atoms with E-state index in [0.29, 0.717) is 0 Å². The Balaban J connectivity index is 3.51. The van der Waals surface area contributed by atoms with Crippen LogP contribution in [-0.4, -0.2) is 22.4 Å². The highest BCUT2D eigenvalue weighted by Crippen LogP contribution is 2.13. The standard InChI is InChI=1S/C46H68O2/c1-3-5-6-7-8-9-10-11-12-13-14-15-16-17-18-19-20-21-25-28-31-34-37-40-43-46(48)44-41-38-35-32-29-26-23-22-24-27-30-33-36-39-42-45(47)4-2/h1-2,5-6,21,23,25-26,34,37,39,42,45-48H,7-20,22,24,27-33,35-36,38H2/b6-5-,25-21-,26-23-,37-34+,42-39+. The van der Waals surface area contributed by atoms with Crippen molar-refractivity contribution in [2.24, 2.45) is 0 Å². The molecule has 264 valence electrons. The van der Waals surface area contributed by atoms with Crippen molar-refractivity contribution in [2.45, 2.75) is 179 Å². The molecule has 0 amide bonds. The summed E-state index contributed by atoms with van der Waals surface area (Å²) in [5.41, 5.74) is 0. The Morgan fingerprint density at radius 2 is 0.854 bits per heavy atom. The summed E-state index contributed by atoms with van der Waals surface area (Å²) in [5, 5.41) is 19.2. The average Bonchev–Trinajstić information content (AvgIpc) is 3.09. The van der Waals surface area contributed by atoms with Gasteiger partial charge in [0.15, 0.2) is 6.10 Å². The van der Waals surface area contributed by atoms with Crippen LogP contribution >= 0.6 is 0 Å². The van der Waals surface area contributed by atoms with Crippen molar-refractivity contribution in [1.82, 2.24) is 0 Å². The van der Waals surface area contributed by atoms with E-state index in [1.807, 2.05) is 18.2 Å². The molecule has 0 saturated heterocycles. The van der Waals surface area contributed by atoms with E-state index in [-0.39, 0.29) is 0 Å². The van der Waals surface area contributed by atoms with Crippen molar-refractivity contribution in [3.05, 3.63) is 60.8 Å². The third kappa shape index (κ3) is 39.0. The maximum Gasteiger partial charge on any atom is 0.176 e. The molecule has 0 aromatic heterocycles. The van der Waals surface area contributed by atoms with Crippen LogP contribution in [-0.2, 0) is 0 Å². The second-order valence-electron chi connectivity index (χ2n) is 12.6. The van der Waals surface area contributed by atoms with E-state index >= 15 is 0 Å². The summed E-state index contributed by atoms with van der Waals surface area (Å²) in [5.74, 6) is 16.4. The highest BCUT2D eigenvalue weighted by molar-refractivity contribution is 5.24. The van der Waals surface area contributed by atoms with Gasteiger partial charge in [0.2, 0.25) is 0 Å². The van der Waals surface area contributed by atoms with Crippen molar-refractivity contribution in [3.63, 3.8) is 0 Å². The van der Waals surface area contributed by atoms with E-state index < -0.39 is 12.2 Å². The maximum absolute atomic E-state index is 9.93. The van der Waals surface area contributed by atoms with Crippen LogP contribution in [0.5, 0.6) is 0 Å². The molecule has 2 nitrogen and oxygen atoms in total. The molecule has 2 heteroatoms. The van der Waals surface area contributed by atoms with Crippen molar-refractivity contribution >= 4 is 0 Å². The SMILES string of the molecule is C#C/C=C\CCCCCCCCCCCCCC/C=C\CC/C=C/C#CC(O)C#CCCCC/C=C\CCCCCC/C=C/C(O)C#C. The van der Waals surface area contributed by atoms with Gasteiger partial charge in [0, 0.05) is 6.42 Å². The number of hydrogen-bond donors (Lipinski definition) is 2. The van der Waals surface area contributed by atoms with Gasteiger partial charge in [-0.3, -0.25) is 0 Å². The third-order valence-corrected chi connectivity index (χ3v) is 8.10. The van der Waals surface area contributed by atoms with Crippen LogP contribution in [0.25, 0.3) is 0 Å². The van der Waals surface area contributed by atoms with Crippen molar-refractivity contribution in [2.75, 3.05) is 0 Å². The Kier molecular flexibility index (Phi) is 37.4. The Bertz CT molecular complexity index is 1070. The predicted octanol–water partition coefficient (Wildman–Crippen LogP) is 11.9. The lowest BCUT2D eigenvalue weighted by Gasteiger charge is -2.02. The first-order valence-electron chi connectivity index (χ1n) is 19.2. The molecule has 2 atom stereocenters. The molecule has 0 aliphatic heterocycles. The van der Waals surface area contributed by atoms with Crippen LogP contribution < -0.4 is 0 Å². The number of hydrogen-bond acceptors (Lipinski definition) is 2. The van der Waals surface area contributed by atoms with Crippen LogP contribution in [0.1, 0.15) is 167 Å².